The van der Waals surface area contributed by atoms with Crippen LogP contribution in [0.1, 0.15) is 19.0 Å². The molecule has 0 bridgehead atoms. The molecule has 6 nitrogen and oxygen atoms in total. The monoisotopic (exact) mass is 305 g/mol. The van der Waals surface area contributed by atoms with Crippen LogP contribution in [0.5, 0.6) is 5.75 Å². The first-order valence-corrected chi connectivity index (χ1v) is 7.58. The van der Waals surface area contributed by atoms with Gasteiger partial charge in [0.05, 0.1) is 12.3 Å². The van der Waals surface area contributed by atoms with Crippen LogP contribution in [0.2, 0.25) is 0 Å². The van der Waals surface area contributed by atoms with Crippen molar-refractivity contribution in [1.29, 1.82) is 0 Å². The van der Waals surface area contributed by atoms with E-state index >= 15 is 0 Å². The van der Waals surface area contributed by atoms with Gasteiger partial charge >= 0.3 is 0 Å². The molecule has 0 aliphatic carbocycles. The van der Waals surface area contributed by atoms with Crippen LogP contribution < -0.4 is 15.5 Å². The molecule has 21 heavy (non-hydrogen) atoms. The maximum absolute atomic E-state index is 5.57. The van der Waals surface area contributed by atoms with Crippen molar-refractivity contribution in [3.05, 3.63) is 24.0 Å². The summed E-state index contributed by atoms with van der Waals surface area (Å²) in [4.78, 5) is 6.48. The molecular weight excluding hydrogens is 286 g/mol. The van der Waals surface area contributed by atoms with Crippen LogP contribution in [0.25, 0.3) is 0 Å². The fourth-order valence-corrected chi connectivity index (χ4v) is 2.72. The number of aromatic nitrogens is 1. The van der Waals surface area contributed by atoms with Crippen molar-refractivity contribution in [1.82, 2.24) is 20.6 Å². The minimum Gasteiger partial charge on any atom is -0.491 e. The lowest BCUT2D eigenvalue weighted by Gasteiger charge is -2.33. The minimum absolute atomic E-state index is 0.441. The van der Waals surface area contributed by atoms with Crippen molar-refractivity contribution >= 4 is 23.0 Å². The zero-order chi connectivity index (χ0) is 14.7. The highest BCUT2D eigenvalue weighted by Gasteiger charge is 2.20. The van der Waals surface area contributed by atoms with Crippen LogP contribution in [0.3, 0.4) is 0 Å². The number of nitrogens with one attached hydrogen (secondary N) is 2. The Morgan fingerprint density at radius 3 is 3.38 bits per heavy atom. The van der Waals surface area contributed by atoms with E-state index < -0.39 is 0 Å². The van der Waals surface area contributed by atoms with E-state index in [4.69, 9.17) is 17.0 Å². The molecule has 1 aromatic rings. The van der Waals surface area contributed by atoms with Crippen molar-refractivity contribution in [2.75, 3.05) is 26.2 Å². The molecule has 1 unspecified atom stereocenters. The Kier molecular flexibility index (Phi) is 4.31. The first-order chi connectivity index (χ1) is 10.2. The molecule has 0 aromatic carbocycles. The maximum Gasteiger partial charge on any atom is 0.189 e. The highest BCUT2D eigenvalue weighted by atomic mass is 32.1. The van der Waals surface area contributed by atoms with E-state index in [2.05, 4.69) is 32.7 Å². The van der Waals surface area contributed by atoms with Crippen LogP contribution in [-0.4, -0.2) is 53.0 Å². The van der Waals surface area contributed by atoms with E-state index in [-0.39, 0.29) is 0 Å². The van der Waals surface area contributed by atoms with Crippen LogP contribution in [0.4, 0.5) is 0 Å². The Hall–Kier alpha value is -1.73. The van der Waals surface area contributed by atoms with Gasteiger partial charge in [-0.25, -0.2) is 0 Å². The van der Waals surface area contributed by atoms with Gasteiger partial charge in [0.2, 0.25) is 0 Å². The highest BCUT2D eigenvalue weighted by molar-refractivity contribution is 7.80. The van der Waals surface area contributed by atoms with Gasteiger partial charge in [-0.05, 0) is 31.3 Å². The predicted molar refractivity (Wildman–Crippen MR) is 85.7 cm³/mol. The summed E-state index contributed by atoms with van der Waals surface area (Å²) in [5, 5.41) is 8.51. The van der Waals surface area contributed by atoms with Crippen LogP contribution in [0.15, 0.2) is 23.4 Å². The summed E-state index contributed by atoms with van der Waals surface area (Å²) < 4.78 is 5.57. The Bertz CT molecular complexity index is 562. The molecule has 2 aliphatic heterocycles. The summed E-state index contributed by atoms with van der Waals surface area (Å²) in [6, 6.07) is 4.21. The van der Waals surface area contributed by atoms with E-state index in [1.165, 1.54) is 0 Å². The number of pyridine rings is 1. The zero-order valence-corrected chi connectivity index (χ0v) is 12.8. The van der Waals surface area contributed by atoms with Gasteiger partial charge in [0.15, 0.2) is 5.11 Å². The Morgan fingerprint density at radius 1 is 1.62 bits per heavy atom. The number of hydrogen-bond acceptors (Lipinski definition) is 5. The second kappa shape index (κ2) is 6.36. The molecule has 1 atom stereocenters. The Morgan fingerprint density at radius 2 is 2.52 bits per heavy atom. The second-order valence-corrected chi connectivity index (χ2v) is 5.61. The number of rotatable bonds is 1. The molecule has 2 N–H and O–H groups in total. The molecule has 1 saturated heterocycles. The van der Waals surface area contributed by atoms with E-state index in [1.54, 1.807) is 6.20 Å². The number of thiocarbonyl (C=S) groups is 1. The largest absolute Gasteiger partial charge is 0.491 e. The number of nitrogens with zero attached hydrogens (tertiary/aromatic N) is 3. The third kappa shape index (κ3) is 3.30. The molecule has 3 heterocycles. The average Bonchev–Trinajstić information content (AvgIpc) is 2.52. The lowest BCUT2D eigenvalue weighted by Crippen LogP contribution is -2.53. The van der Waals surface area contributed by atoms with Crippen LogP contribution in [0, 0.1) is 0 Å². The minimum atomic E-state index is 0.441. The van der Waals surface area contributed by atoms with Gasteiger partial charge in [0.1, 0.15) is 11.4 Å². The molecule has 0 radical (unpaired) electrons. The number of hydrazone groups is 1. The topological polar surface area (TPSA) is 61.8 Å². The average molecular weight is 305 g/mol. The summed E-state index contributed by atoms with van der Waals surface area (Å²) >= 11 is 5.42. The van der Waals surface area contributed by atoms with Crippen LogP contribution >= 0.6 is 12.2 Å². The maximum atomic E-state index is 5.57. The van der Waals surface area contributed by atoms with Gasteiger partial charge < -0.3 is 15.0 Å². The van der Waals surface area contributed by atoms with Gasteiger partial charge in [-0.15, -0.1) is 0 Å². The summed E-state index contributed by atoms with van der Waals surface area (Å²) in [5.41, 5.74) is 4.70. The van der Waals surface area contributed by atoms with Gasteiger partial charge in [-0.2, -0.15) is 5.10 Å². The van der Waals surface area contributed by atoms with E-state index in [9.17, 15) is 0 Å². The van der Waals surface area contributed by atoms with Gasteiger partial charge in [-0.3, -0.25) is 10.4 Å². The second-order valence-electron chi connectivity index (χ2n) is 5.23. The van der Waals surface area contributed by atoms with Crippen LogP contribution in [-0.2, 0) is 0 Å². The van der Waals surface area contributed by atoms with Gasteiger partial charge in [0, 0.05) is 38.3 Å². The number of piperazine rings is 1. The standard InChI is InChI=1S/C14H19N5OS/c1-10-9-19(7-6-15-10)14(21)18-17-11-4-8-20-12-3-2-5-16-13(11)12/h2-3,5,10,15H,4,6-9H2,1H3,(H,18,21)/b17-11-. The quantitative estimate of drug-likeness (QED) is 0.589. The summed E-state index contributed by atoms with van der Waals surface area (Å²) in [6.07, 6.45) is 2.48. The first kappa shape index (κ1) is 14.2. The summed E-state index contributed by atoms with van der Waals surface area (Å²) in [6.45, 7) is 5.52. The molecule has 3 rings (SSSR count). The fourth-order valence-electron chi connectivity index (χ4n) is 2.51. The lowest BCUT2D eigenvalue weighted by molar-refractivity contribution is 0.300. The molecule has 1 fully saturated rings. The van der Waals surface area contributed by atoms with E-state index in [0.717, 1.165) is 43.2 Å². The SMILES string of the molecule is CC1CN(C(=S)N/N=C2/CCOc3cccnc32)CCN1. The molecule has 0 amide bonds. The smallest absolute Gasteiger partial charge is 0.189 e. The predicted octanol–water partition coefficient (Wildman–Crippen LogP) is 0.736. The molecule has 1 aromatic heterocycles. The Labute approximate surface area is 129 Å². The van der Waals surface area contributed by atoms with Crippen molar-refractivity contribution < 1.29 is 4.74 Å². The van der Waals surface area contributed by atoms with Crippen molar-refractivity contribution in [3.8, 4) is 5.75 Å². The molecular formula is C14H19N5OS. The molecule has 0 saturated carbocycles. The summed E-state index contributed by atoms with van der Waals surface area (Å²) in [7, 11) is 0. The fraction of sp³-hybridized carbons (Fsp3) is 0.500. The highest BCUT2D eigenvalue weighted by Crippen LogP contribution is 2.21. The normalized spacial score (nSPS) is 23.4. The number of ether oxygens (including phenoxy) is 1. The van der Waals surface area contributed by atoms with Gasteiger partial charge in [-0.1, -0.05) is 0 Å². The summed E-state index contributed by atoms with van der Waals surface area (Å²) in [5.74, 6) is 0.783. The number of hydrogen-bond donors (Lipinski definition) is 2. The number of fused-ring (bicyclic) bond motifs is 1. The van der Waals surface area contributed by atoms with Crippen molar-refractivity contribution in [2.24, 2.45) is 5.10 Å². The molecule has 2 aliphatic rings. The van der Waals surface area contributed by atoms with E-state index in [1.807, 2.05) is 12.1 Å². The van der Waals surface area contributed by atoms with Crippen molar-refractivity contribution in [2.45, 2.75) is 19.4 Å². The van der Waals surface area contributed by atoms with E-state index in [0.29, 0.717) is 17.8 Å². The third-order valence-corrected chi connectivity index (χ3v) is 3.93. The lowest BCUT2D eigenvalue weighted by atomic mass is 10.1. The first-order valence-electron chi connectivity index (χ1n) is 7.17. The molecule has 7 heteroatoms. The zero-order valence-electron chi connectivity index (χ0n) is 12.0. The van der Waals surface area contributed by atoms with Crippen molar-refractivity contribution in [3.63, 3.8) is 0 Å². The van der Waals surface area contributed by atoms with Gasteiger partial charge in [0.25, 0.3) is 0 Å². The Balaban J connectivity index is 1.68. The molecule has 0 spiro atoms. The molecule has 112 valence electrons. The third-order valence-electron chi connectivity index (χ3n) is 3.58.